The van der Waals surface area contributed by atoms with E-state index in [2.05, 4.69) is 0 Å². The van der Waals surface area contributed by atoms with Crippen molar-refractivity contribution in [2.24, 2.45) is 0 Å². The van der Waals surface area contributed by atoms with E-state index in [1.165, 1.54) is 18.2 Å². The van der Waals surface area contributed by atoms with Crippen LogP contribution in [0.4, 0.5) is 20.2 Å². The van der Waals surface area contributed by atoms with Gasteiger partial charge in [-0.25, -0.2) is 8.78 Å². The topological polar surface area (TPSA) is 38.5 Å². The van der Waals surface area contributed by atoms with E-state index in [0.29, 0.717) is 30.2 Å². The van der Waals surface area contributed by atoms with Gasteiger partial charge in [0.15, 0.2) is 0 Å². The smallest absolute Gasteiger partial charge is 0.148 e. The Kier molecular flexibility index (Phi) is 4.13. The van der Waals surface area contributed by atoms with Crippen LogP contribution >= 0.6 is 0 Å². The summed E-state index contributed by atoms with van der Waals surface area (Å²) in [5.41, 5.74) is 6.56. The van der Waals surface area contributed by atoms with E-state index in [1.807, 2.05) is 4.90 Å². The summed E-state index contributed by atoms with van der Waals surface area (Å²) in [5, 5.41) is 0. The molecule has 0 atom stereocenters. The van der Waals surface area contributed by atoms with Gasteiger partial charge in [0.05, 0.1) is 5.69 Å². The summed E-state index contributed by atoms with van der Waals surface area (Å²) in [6, 6.07) is 10.9. The number of nitrogens with zero attached hydrogens (tertiary/aromatic N) is 1. The number of anilines is 2. The zero-order valence-corrected chi connectivity index (χ0v) is 12.1. The van der Waals surface area contributed by atoms with Crippen LogP contribution in [0.2, 0.25) is 0 Å². The number of rotatable bonds is 3. The number of ether oxygens (including phenoxy) is 1. The fourth-order valence-corrected chi connectivity index (χ4v) is 2.73. The van der Waals surface area contributed by atoms with E-state index >= 15 is 0 Å². The van der Waals surface area contributed by atoms with Crippen LogP contribution in [0.5, 0.6) is 5.75 Å². The molecule has 2 aromatic rings. The summed E-state index contributed by atoms with van der Waals surface area (Å²) < 4.78 is 32.9. The Morgan fingerprint density at radius 3 is 2.50 bits per heavy atom. The first kappa shape index (κ1) is 14.6. The molecule has 0 amide bonds. The normalized spacial score (nSPS) is 15.8. The first-order valence-electron chi connectivity index (χ1n) is 7.34. The van der Waals surface area contributed by atoms with Gasteiger partial charge in [0.25, 0.3) is 0 Å². The molecule has 0 saturated carbocycles. The zero-order chi connectivity index (χ0) is 15.5. The van der Waals surface area contributed by atoms with Gasteiger partial charge in [0.2, 0.25) is 0 Å². The third-order valence-corrected chi connectivity index (χ3v) is 3.85. The van der Waals surface area contributed by atoms with E-state index in [4.69, 9.17) is 10.5 Å². The minimum atomic E-state index is -0.307. The van der Waals surface area contributed by atoms with Gasteiger partial charge in [-0.05, 0) is 30.3 Å². The van der Waals surface area contributed by atoms with Gasteiger partial charge in [-0.3, -0.25) is 0 Å². The highest BCUT2D eigenvalue weighted by Gasteiger charge is 2.22. The number of nitrogen functional groups attached to an aromatic ring is 1. The van der Waals surface area contributed by atoms with Gasteiger partial charge in [0.1, 0.15) is 23.5 Å². The van der Waals surface area contributed by atoms with Crippen LogP contribution in [0.25, 0.3) is 0 Å². The monoisotopic (exact) mass is 304 g/mol. The second-order valence-corrected chi connectivity index (χ2v) is 5.47. The molecular formula is C17H18F2N2O. The predicted octanol–water partition coefficient (Wildman–Crippen LogP) is 3.59. The summed E-state index contributed by atoms with van der Waals surface area (Å²) in [5.74, 6) is -0.0690. The molecule has 116 valence electrons. The fraction of sp³-hybridized carbons (Fsp3) is 0.294. The molecular weight excluding hydrogens is 286 g/mol. The molecule has 1 saturated heterocycles. The molecule has 3 rings (SSSR count). The van der Waals surface area contributed by atoms with Crippen molar-refractivity contribution >= 4 is 11.4 Å². The molecule has 0 aromatic heterocycles. The number of benzene rings is 2. The van der Waals surface area contributed by atoms with Gasteiger partial charge in [-0.1, -0.05) is 6.07 Å². The molecule has 22 heavy (non-hydrogen) atoms. The maximum absolute atomic E-state index is 13.9. The van der Waals surface area contributed by atoms with Crippen molar-refractivity contribution in [1.82, 2.24) is 0 Å². The van der Waals surface area contributed by atoms with Crippen LogP contribution in [-0.4, -0.2) is 19.2 Å². The van der Waals surface area contributed by atoms with E-state index in [9.17, 15) is 8.78 Å². The van der Waals surface area contributed by atoms with Gasteiger partial charge < -0.3 is 15.4 Å². The molecule has 1 fully saturated rings. The molecule has 1 aliphatic rings. The third-order valence-electron chi connectivity index (χ3n) is 3.85. The Bertz CT molecular complexity index is 655. The highest BCUT2D eigenvalue weighted by atomic mass is 19.1. The lowest BCUT2D eigenvalue weighted by atomic mass is 10.1. The van der Waals surface area contributed by atoms with Crippen molar-refractivity contribution in [3.8, 4) is 5.75 Å². The summed E-state index contributed by atoms with van der Waals surface area (Å²) in [6.45, 7) is 1.39. The highest BCUT2D eigenvalue weighted by Crippen LogP contribution is 2.26. The van der Waals surface area contributed by atoms with Crippen LogP contribution in [0.15, 0.2) is 42.5 Å². The summed E-state index contributed by atoms with van der Waals surface area (Å²) >= 11 is 0. The van der Waals surface area contributed by atoms with Gasteiger partial charge >= 0.3 is 0 Å². The molecule has 1 heterocycles. The second-order valence-electron chi connectivity index (χ2n) is 5.47. The number of nitrogens with two attached hydrogens (primary N) is 1. The molecule has 0 spiro atoms. The lowest BCUT2D eigenvalue weighted by Crippen LogP contribution is -2.38. The van der Waals surface area contributed by atoms with Crippen molar-refractivity contribution in [2.45, 2.75) is 18.9 Å². The summed E-state index contributed by atoms with van der Waals surface area (Å²) in [6.07, 6.45) is 1.55. The Hall–Kier alpha value is -2.30. The first-order valence-corrected chi connectivity index (χ1v) is 7.34. The van der Waals surface area contributed by atoms with E-state index in [0.717, 1.165) is 12.8 Å². The maximum Gasteiger partial charge on any atom is 0.148 e. The van der Waals surface area contributed by atoms with Crippen molar-refractivity contribution in [3.63, 3.8) is 0 Å². The summed E-state index contributed by atoms with van der Waals surface area (Å²) in [7, 11) is 0. The second kappa shape index (κ2) is 6.22. The molecule has 0 radical (unpaired) electrons. The number of hydrogen-bond donors (Lipinski definition) is 1. The molecule has 3 nitrogen and oxygen atoms in total. The third kappa shape index (κ3) is 3.30. The minimum absolute atomic E-state index is 0.0230. The molecule has 0 unspecified atom stereocenters. The Labute approximate surface area is 128 Å². The van der Waals surface area contributed by atoms with Crippen molar-refractivity contribution in [3.05, 3.63) is 54.1 Å². The van der Waals surface area contributed by atoms with Crippen LogP contribution < -0.4 is 15.4 Å². The Morgan fingerprint density at radius 1 is 1.05 bits per heavy atom. The number of halogens is 2. The Morgan fingerprint density at radius 2 is 1.82 bits per heavy atom. The van der Waals surface area contributed by atoms with Crippen LogP contribution in [0, 0.1) is 11.6 Å². The van der Waals surface area contributed by atoms with Crippen LogP contribution in [0.3, 0.4) is 0 Å². The van der Waals surface area contributed by atoms with Gasteiger partial charge in [0, 0.05) is 37.7 Å². The molecule has 1 aliphatic heterocycles. The van der Waals surface area contributed by atoms with Crippen molar-refractivity contribution in [1.29, 1.82) is 0 Å². The minimum Gasteiger partial charge on any atom is -0.490 e. The molecule has 5 heteroatoms. The lowest BCUT2D eigenvalue weighted by molar-refractivity contribution is 0.170. The predicted molar refractivity (Wildman–Crippen MR) is 83.1 cm³/mol. The quantitative estimate of drug-likeness (QED) is 0.881. The zero-order valence-electron chi connectivity index (χ0n) is 12.1. The molecule has 0 aliphatic carbocycles. The van der Waals surface area contributed by atoms with Crippen LogP contribution in [0.1, 0.15) is 12.8 Å². The standard InChI is InChI=1S/C17H18F2N2O/c18-12-2-1-3-15(10-12)22-14-6-8-21(9-7-14)17-5-4-13(20)11-16(17)19/h1-5,10-11,14H,6-9,20H2. The van der Waals surface area contributed by atoms with E-state index < -0.39 is 0 Å². The fourth-order valence-electron chi connectivity index (χ4n) is 2.73. The van der Waals surface area contributed by atoms with Crippen LogP contribution in [-0.2, 0) is 0 Å². The van der Waals surface area contributed by atoms with Gasteiger partial charge in [-0.15, -0.1) is 0 Å². The SMILES string of the molecule is Nc1ccc(N2CCC(Oc3cccc(F)c3)CC2)c(F)c1. The average molecular weight is 304 g/mol. The van der Waals surface area contributed by atoms with E-state index in [-0.39, 0.29) is 17.7 Å². The number of piperidine rings is 1. The Balaban J connectivity index is 1.60. The van der Waals surface area contributed by atoms with E-state index in [1.54, 1.807) is 24.3 Å². The molecule has 2 aromatic carbocycles. The average Bonchev–Trinajstić information content (AvgIpc) is 2.48. The van der Waals surface area contributed by atoms with Crippen molar-refractivity contribution in [2.75, 3.05) is 23.7 Å². The molecule has 0 bridgehead atoms. The van der Waals surface area contributed by atoms with Crippen molar-refractivity contribution < 1.29 is 13.5 Å². The van der Waals surface area contributed by atoms with Gasteiger partial charge in [-0.2, -0.15) is 0 Å². The first-order chi connectivity index (χ1) is 10.6. The molecule has 2 N–H and O–H groups in total. The summed E-state index contributed by atoms with van der Waals surface area (Å²) in [4.78, 5) is 1.99. The maximum atomic E-state index is 13.9. The highest BCUT2D eigenvalue weighted by molar-refractivity contribution is 5.54. The largest absolute Gasteiger partial charge is 0.490 e. The number of hydrogen-bond acceptors (Lipinski definition) is 3. The lowest BCUT2D eigenvalue weighted by Gasteiger charge is -2.34.